The van der Waals surface area contributed by atoms with Crippen molar-refractivity contribution in [3.05, 3.63) is 65.5 Å². The van der Waals surface area contributed by atoms with Crippen molar-refractivity contribution in [1.29, 1.82) is 0 Å². The number of sulfone groups is 1. The molecule has 36 heavy (non-hydrogen) atoms. The molecular weight excluding hydrogens is 487 g/mol. The van der Waals surface area contributed by atoms with Crippen LogP contribution in [0.15, 0.2) is 53.4 Å². The van der Waals surface area contributed by atoms with E-state index in [2.05, 4.69) is 20.6 Å². The molecular formula is C24H29FN6O4S. The molecule has 10 nitrogen and oxygen atoms in total. The molecule has 1 aliphatic rings. The second-order valence-corrected chi connectivity index (χ2v) is 11.0. The highest BCUT2D eigenvalue weighted by Gasteiger charge is 2.29. The first-order valence-electron chi connectivity index (χ1n) is 11.5. The summed E-state index contributed by atoms with van der Waals surface area (Å²) in [6.07, 6.45) is 0.859. The van der Waals surface area contributed by atoms with E-state index in [-0.39, 0.29) is 29.9 Å². The van der Waals surface area contributed by atoms with Crippen LogP contribution in [0.4, 0.5) is 4.39 Å². The fourth-order valence-electron chi connectivity index (χ4n) is 4.18. The first-order chi connectivity index (χ1) is 17.2. The van der Waals surface area contributed by atoms with Crippen LogP contribution in [0.25, 0.3) is 0 Å². The van der Waals surface area contributed by atoms with Crippen LogP contribution < -0.4 is 4.74 Å². The summed E-state index contributed by atoms with van der Waals surface area (Å²) in [6, 6.07) is 13.4. The molecule has 0 aliphatic carbocycles. The molecule has 2 aromatic carbocycles. The first kappa shape index (κ1) is 25.7. The summed E-state index contributed by atoms with van der Waals surface area (Å²) in [7, 11) is -1.58. The molecule has 0 unspecified atom stereocenters. The van der Waals surface area contributed by atoms with Crippen molar-refractivity contribution in [3.63, 3.8) is 0 Å². The highest BCUT2D eigenvalue weighted by molar-refractivity contribution is 7.90. The Morgan fingerprint density at radius 2 is 2.06 bits per heavy atom. The van der Waals surface area contributed by atoms with Gasteiger partial charge in [0.1, 0.15) is 11.9 Å². The number of hydrogen-bond acceptors (Lipinski definition) is 8. The SMILES string of the molecule is CN(C(=O)Cc1ccc(S(C)(=O)=O)cc1)[C@H](CN1CC[C@@H](F)C1)c1cccc(OCc2nn[nH]n2)c1. The zero-order chi connectivity index (χ0) is 25.7. The van der Waals surface area contributed by atoms with Crippen LogP contribution in [0.3, 0.4) is 0 Å². The Labute approximate surface area is 209 Å². The molecule has 0 spiro atoms. The minimum Gasteiger partial charge on any atom is -0.485 e. The van der Waals surface area contributed by atoms with Gasteiger partial charge in [-0.3, -0.25) is 9.69 Å². The van der Waals surface area contributed by atoms with Crippen molar-refractivity contribution in [2.24, 2.45) is 0 Å². The molecule has 4 rings (SSSR count). The number of H-pyrrole nitrogens is 1. The van der Waals surface area contributed by atoms with Gasteiger partial charge >= 0.3 is 0 Å². The molecule has 1 N–H and O–H groups in total. The van der Waals surface area contributed by atoms with Crippen molar-refractivity contribution in [3.8, 4) is 5.75 Å². The number of halogens is 1. The molecule has 2 atom stereocenters. The van der Waals surface area contributed by atoms with Gasteiger partial charge in [-0.25, -0.2) is 12.8 Å². The Bertz CT molecular complexity index is 1270. The number of alkyl halides is 1. The molecule has 192 valence electrons. The number of tetrazole rings is 1. The zero-order valence-electron chi connectivity index (χ0n) is 20.2. The highest BCUT2D eigenvalue weighted by atomic mass is 32.2. The van der Waals surface area contributed by atoms with Gasteiger partial charge in [0, 0.05) is 32.9 Å². The lowest BCUT2D eigenvalue weighted by Gasteiger charge is -2.32. The van der Waals surface area contributed by atoms with Crippen LogP contribution >= 0.6 is 0 Å². The van der Waals surface area contributed by atoms with Gasteiger partial charge in [0.05, 0.1) is 17.4 Å². The summed E-state index contributed by atoms with van der Waals surface area (Å²) in [5.74, 6) is 0.864. The Morgan fingerprint density at radius 1 is 1.28 bits per heavy atom. The van der Waals surface area contributed by atoms with Crippen LogP contribution in [0.1, 0.15) is 29.4 Å². The third-order valence-electron chi connectivity index (χ3n) is 6.21. The van der Waals surface area contributed by atoms with Crippen LogP contribution in [-0.2, 0) is 27.7 Å². The molecule has 0 saturated carbocycles. The van der Waals surface area contributed by atoms with Crippen LogP contribution in [0.2, 0.25) is 0 Å². The maximum absolute atomic E-state index is 13.9. The number of nitrogens with zero attached hydrogens (tertiary/aromatic N) is 5. The number of aromatic nitrogens is 4. The maximum Gasteiger partial charge on any atom is 0.227 e. The molecule has 1 saturated heterocycles. The third kappa shape index (κ3) is 6.64. The average molecular weight is 517 g/mol. The van der Waals surface area contributed by atoms with Crippen molar-refractivity contribution < 1.29 is 22.3 Å². The quantitative estimate of drug-likeness (QED) is 0.434. The Hall–Kier alpha value is -3.38. The standard InChI is InChI=1S/C24H29FN6O4S/c1-30(24(32)12-17-6-8-21(9-7-17)36(2,33)34)22(15-31-11-10-19(25)14-31)18-4-3-5-20(13-18)35-16-23-26-28-29-27-23/h3-9,13,19,22H,10-12,14-16H2,1-2H3,(H,26,27,28,29)/t19-,22-/m1/s1. The summed E-state index contributed by atoms with van der Waals surface area (Å²) in [4.78, 5) is 17.2. The van der Waals surface area contributed by atoms with Gasteiger partial charge in [0.2, 0.25) is 11.7 Å². The van der Waals surface area contributed by atoms with Crippen LogP contribution in [0, 0.1) is 0 Å². The predicted molar refractivity (Wildman–Crippen MR) is 130 cm³/mol. The zero-order valence-corrected chi connectivity index (χ0v) is 21.0. The predicted octanol–water partition coefficient (Wildman–Crippen LogP) is 1.97. The molecule has 3 aromatic rings. The van der Waals surface area contributed by atoms with E-state index in [0.717, 1.165) is 11.8 Å². The number of carbonyl (C=O) groups is 1. The number of likely N-dealkylation sites (N-methyl/N-ethyl adjacent to an activating group) is 1. The van der Waals surface area contributed by atoms with Gasteiger partial charge in [-0.15, -0.1) is 10.2 Å². The van der Waals surface area contributed by atoms with Gasteiger partial charge in [-0.1, -0.05) is 29.5 Å². The molecule has 0 radical (unpaired) electrons. The molecule has 2 heterocycles. The number of ether oxygens (including phenoxy) is 1. The van der Waals surface area contributed by atoms with Crippen LogP contribution in [0.5, 0.6) is 5.75 Å². The lowest BCUT2D eigenvalue weighted by Crippen LogP contribution is -2.39. The van der Waals surface area contributed by atoms with Crippen molar-refractivity contribution in [2.75, 3.05) is 32.9 Å². The monoisotopic (exact) mass is 516 g/mol. The molecule has 1 amide bonds. The van der Waals surface area contributed by atoms with Crippen molar-refractivity contribution in [1.82, 2.24) is 30.4 Å². The topological polar surface area (TPSA) is 121 Å². The molecule has 1 aliphatic heterocycles. The van der Waals surface area contributed by atoms with E-state index in [1.165, 1.54) is 12.1 Å². The number of aromatic amines is 1. The molecule has 1 fully saturated rings. The second-order valence-electron chi connectivity index (χ2n) is 8.95. The summed E-state index contributed by atoms with van der Waals surface area (Å²) in [5, 5.41) is 13.6. The van der Waals surface area contributed by atoms with Crippen molar-refractivity contribution in [2.45, 2.75) is 36.6 Å². The van der Waals surface area contributed by atoms with Gasteiger partial charge in [-0.2, -0.15) is 5.21 Å². The van der Waals surface area contributed by atoms with Crippen LogP contribution in [-0.4, -0.2) is 83.9 Å². The number of amides is 1. The lowest BCUT2D eigenvalue weighted by atomic mass is 10.0. The van der Waals surface area contributed by atoms with E-state index in [0.29, 0.717) is 43.2 Å². The van der Waals surface area contributed by atoms with E-state index >= 15 is 0 Å². The number of rotatable bonds is 10. The first-order valence-corrected chi connectivity index (χ1v) is 13.4. The normalized spacial score (nSPS) is 17.1. The summed E-state index contributed by atoms with van der Waals surface area (Å²) >= 11 is 0. The molecule has 12 heteroatoms. The number of hydrogen-bond donors (Lipinski definition) is 1. The fraction of sp³-hybridized carbons (Fsp3) is 0.417. The average Bonchev–Trinajstić information content (AvgIpc) is 3.52. The number of nitrogens with one attached hydrogen (secondary N) is 1. The third-order valence-corrected chi connectivity index (χ3v) is 7.34. The number of likely N-dealkylation sites (tertiary alicyclic amines) is 1. The van der Waals surface area contributed by atoms with E-state index < -0.39 is 16.0 Å². The second kappa shape index (κ2) is 11.1. The highest BCUT2D eigenvalue weighted by Crippen LogP contribution is 2.27. The summed E-state index contributed by atoms with van der Waals surface area (Å²) in [6.45, 7) is 1.57. The smallest absolute Gasteiger partial charge is 0.227 e. The minimum absolute atomic E-state index is 0.108. The number of carbonyl (C=O) groups excluding carboxylic acids is 1. The maximum atomic E-state index is 13.9. The number of benzene rings is 2. The van der Waals surface area contributed by atoms with E-state index in [9.17, 15) is 17.6 Å². The van der Waals surface area contributed by atoms with E-state index in [1.807, 2.05) is 23.1 Å². The van der Waals surface area contributed by atoms with Crippen molar-refractivity contribution >= 4 is 15.7 Å². The minimum atomic E-state index is -3.31. The Kier molecular flexibility index (Phi) is 7.94. The molecule has 1 aromatic heterocycles. The van der Waals surface area contributed by atoms with Gasteiger partial charge in [0.25, 0.3) is 0 Å². The van der Waals surface area contributed by atoms with Gasteiger partial charge < -0.3 is 9.64 Å². The van der Waals surface area contributed by atoms with Gasteiger partial charge in [0.15, 0.2) is 16.4 Å². The summed E-state index contributed by atoms with van der Waals surface area (Å²) < 4.78 is 43.1. The Balaban J connectivity index is 1.51. The largest absolute Gasteiger partial charge is 0.485 e. The van der Waals surface area contributed by atoms with Gasteiger partial charge in [-0.05, 0) is 41.8 Å². The van der Waals surface area contributed by atoms with E-state index in [4.69, 9.17) is 4.74 Å². The Morgan fingerprint density at radius 3 is 2.69 bits per heavy atom. The summed E-state index contributed by atoms with van der Waals surface area (Å²) in [5.41, 5.74) is 1.56. The lowest BCUT2D eigenvalue weighted by molar-refractivity contribution is -0.131. The van der Waals surface area contributed by atoms with E-state index in [1.54, 1.807) is 30.1 Å². The fourth-order valence-corrected chi connectivity index (χ4v) is 4.81. The molecule has 0 bridgehead atoms.